The average Bonchev–Trinajstić information content (AvgIpc) is 2.92. The Balaban J connectivity index is 4.43. The van der Waals surface area contributed by atoms with Crippen molar-refractivity contribution >= 4 is 74.9 Å². The maximum atomic E-state index is 7.69. The van der Waals surface area contributed by atoms with Crippen molar-refractivity contribution in [2.75, 3.05) is 19.8 Å². The standard InChI is InChI=1S/C39H96O11Si9/c1-51(2,3)40-28-31-35(47-56(16,17)18)37(49-58(22,23)24)38(50-59(25,26)27)39(43-31)44-34(32(45-54(10,11)12)29-41-52(4,5)6)36(48-57(19,20)21)33(46-55(13,14)15)30-42-53(7,8)9/h31-39H,28-30H2,1-27H3/t31-,32?,33?,34?,35-,36?,37+,38+,39+/m1/s1. The molecular weight excluding hydrogens is 897 g/mol. The first-order valence-corrected chi connectivity index (χ1v) is 52.8. The summed E-state index contributed by atoms with van der Waals surface area (Å²) < 4.78 is 78.6. The fourth-order valence-corrected chi connectivity index (χ4v) is 14.9. The van der Waals surface area contributed by atoms with Gasteiger partial charge in [-0.05, 0) is 177 Å². The van der Waals surface area contributed by atoms with Crippen molar-refractivity contribution in [1.29, 1.82) is 0 Å². The predicted molar refractivity (Wildman–Crippen MR) is 271 cm³/mol. The van der Waals surface area contributed by atoms with Crippen LogP contribution in [-0.4, -0.2) is 150 Å². The topological polar surface area (TPSA) is 102 Å². The molecule has 11 nitrogen and oxygen atoms in total. The Morgan fingerprint density at radius 3 is 1.03 bits per heavy atom. The molecule has 1 aliphatic heterocycles. The summed E-state index contributed by atoms with van der Waals surface area (Å²) in [5.74, 6) is 0. The third-order valence-electron chi connectivity index (χ3n) is 7.95. The fourth-order valence-electron chi connectivity index (χ4n) is 6.34. The quantitative estimate of drug-likeness (QED) is 0.0774. The van der Waals surface area contributed by atoms with Crippen LogP contribution in [0.25, 0.3) is 0 Å². The zero-order chi connectivity index (χ0) is 46.6. The van der Waals surface area contributed by atoms with Gasteiger partial charge in [0.05, 0.1) is 32.0 Å². The molecule has 4 unspecified atom stereocenters. The molecule has 0 aromatic heterocycles. The molecule has 1 rings (SSSR count). The van der Waals surface area contributed by atoms with E-state index in [9.17, 15) is 0 Å². The summed E-state index contributed by atoms with van der Waals surface area (Å²) >= 11 is 0. The van der Waals surface area contributed by atoms with Crippen molar-refractivity contribution in [2.45, 2.75) is 232 Å². The summed E-state index contributed by atoms with van der Waals surface area (Å²) in [5.41, 5.74) is 0. The van der Waals surface area contributed by atoms with E-state index in [1.165, 1.54) is 0 Å². The molecule has 0 bridgehead atoms. The molecule has 1 fully saturated rings. The Morgan fingerprint density at radius 2 is 0.695 bits per heavy atom. The molecule has 9 atom stereocenters. The average molecular weight is 994 g/mol. The summed E-state index contributed by atoms with van der Waals surface area (Å²) in [6, 6.07) is 0. The smallest absolute Gasteiger partial charge is 0.186 e. The van der Waals surface area contributed by atoms with Gasteiger partial charge in [-0.25, -0.2) is 0 Å². The molecule has 0 N–H and O–H groups in total. The SMILES string of the molecule is C[Si](C)(C)OCC(O[Si](C)(C)C)C(O[C@@H]1O[C@H](CO[Si](C)(C)C)[C@@H](O[Si](C)(C)C)[C@H](O[Si](C)(C)C)[C@@H]1O[Si](C)(C)C)C(O[Si](C)(C)C)C(CO[Si](C)(C)C)O[Si](C)(C)C. The third kappa shape index (κ3) is 26.9. The Bertz CT molecular complexity index is 1240. The number of hydrogen-bond donors (Lipinski definition) is 0. The van der Waals surface area contributed by atoms with Gasteiger partial charge in [-0.15, -0.1) is 0 Å². The molecule has 1 aliphatic rings. The number of rotatable bonds is 26. The first-order chi connectivity index (χ1) is 25.8. The van der Waals surface area contributed by atoms with Crippen molar-refractivity contribution < 1.29 is 49.3 Å². The zero-order valence-electron chi connectivity index (χ0n) is 43.3. The normalized spacial score (nSPS) is 24.6. The molecule has 354 valence electrons. The lowest BCUT2D eigenvalue weighted by molar-refractivity contribution is -0.317. The van der Waals surface area contributed by atoms with E-state index in [2.05, 4.69) is 177 Å². The van der Waals surface area contributed by atoms with Gasteiger partial charge < -0.3 is 49.3 Å². The number of ether oxygens (including phenoxy) is 2. The van der Waals surface area contributed by atoms with Gasteiger partial charge in [0, 0.05) is 0 Å². The van der Waals surface area contributed by atoms with Crippen molar-refractivity contribution in [1.82, 2.24) is 0 Å². The van der Waals surface area contributed by atoms with E-state index in [1.807, 2.05) is 0 Å². The van der Waals surface area contributed by atoms with Crippen LogP contribution in [0.4, 0.5) is 0 Å². The highest BCUT2D eigenvalue weighted by atomic mass is 28.4. The lowest BCUT2D eigenvalue weighted by atomic mass is 9.98. The van der Waals surface area contributed by atoms with Crippen LogP contribution >= 0.6 is 0 Å². The minimum absolute atomic E-state index is 0.343. The summed E-state index contributed by atoms with van der Waals surface area (Å²) in [4.78, 5) is 0. The first kappa shape index (κ1) is 58.5. The minimum atomic E-state index is -2.29. The lowest BCUT2D eigenvalue weighted by Crippen LogP contribution is -2.68. The summed E-state index contributed by atoms with van der Waals surface area (Å²) in [5, 5.41) is 0. The second kappa shape index (κ2) is 21.9. The molecule has 1 heterocycles. The molecule has 0 aliphatic carbocycles. The van der Waals surface area contributed by atoms with Crippen LogP contribution in [-0.2, 0) is 49.3 Å². The predicted octanol–water partition coefficient (Wildman–Crippen LogP) is 11.0. The highest BCUT2D eigenvalue weighted by Gasteiger charge is 2.55. The maximum absolute atomic E-state index is 7.69. The van der Waals surface area contributed by atoms with Crippen molar-refractivity contribution in [2.24, 2.45) is 0 Å². The Labute approximate surface area is 373 Å². The second-order valence-electron chi connectivity index (χ2n) is 25.2. The first-order valence-electron chi connectivity index (χ1n) is 22.1. The van der Waals surface area contributed by atoms with E-state index < -0.39 is 130 Å². The highest BCUT2D eigenvalue weighted by Crippen LogP contribution is 2.37. The summed E-state index contributed by atoms with van der Waals surface area (Å²) in [7, 11) is -19.3. The van der Waals surface area contributed by atoms with E-state index in [4.69, 9.17) is 49.3 Å². The molecule has 0 aromatic carbocycles. The van der Waals surface area contributed by atoms with Crippen LogP contribution in [0.15, 0.2) is 0 Å². The van der Waals surface area contributed by atoms with Crippen LogP contribution in [0.1, 0.15) is 0 Å². The van der Waals surface area contributed by atoms with Gasteiger partial charge in [-0.1, -0.05) is 0 Å². The largest absolute Gasteiger partial charge is 0.415 e. The van der Waals surface area contributed by atoms with E-state index >= 15 is 0 Å². The van der Waals surface area contributed by atoms with Gasteiger partial charge in [0.1, 0.15) is 36.6 Å². The fraction of sp³-hybridized carbons (Fsp3) is 1.00. The summed E-state index contributed by atoms with van der Waals surface area (Å²) in [6.07, 6.45) is -5.04. The van der Waals surface area contributed by atoms with Crippen LogP contribution in [0.2, 0.25) is 177 Å². The lowest BCUT2D eigenvalue weighted by Gasteiger charge is -2.52. The van der Waals surface area contributed by atoms with Crippen LogP contribution < -0.4 is 0 Å². The molecule has 0 saturated carbocycles. The van der Waals surface area contributed by atoms with Gasteiger partial charge >= 0.3 is 0 Å². The molecule has 20 heteroatoms. The van der Waals surface area contributed by atoms with Crippen LogP contribution in [0, 0.1) is 0 Å². The van der Waals surface area contributed by atoms with Gasteiger partial charge in [-0.2, -0.15) is 0 Å². The Kier molecular flexibility index (Phi) is 21.7. The van der Waals surface area contributed by atoms with Crippen molar-refractivity contribution in [3.8, 4) is 0 Å². The third-order valence-corrected chi connectivity index (χ3v) is 17.0. The van der Waals surface area contributed by atoms with Crippen molar-refractivity contribution in [3.63, 3.8) is 0 Å². The minimum Gasteiger partial charge on any atom is -0.415 e. The molecule has 1 saturated heterocycles. The molecule has 0 amide bonds. The van der Waals surface area contributed by atoms with E-state index in [0.29, 0.717) is 19.8 Å². The van der Waals surface area contributed by atoms with Gasteiger partial charge in [-0.3, -0.25) is 0 Å². The van der Waals surface area contributed by atoms with Gasteiger partial charge in [0.15, 0.2) is 81.1 Å². The summed E-state index contributed by atoms with van der Waals surface area (Å²) in [6.45, 7) is 61.0. The van der Waals surface area contributed by atoms with Crippen LogP contribution in [0.5, 0.6) is 0 Å². The maximum Gasteiger partial charge on any atom is 0.186 e. The van der Waals surface area contributed by atoms with Gasteiger partial charge in [0.2, 0.25) is 0 Å². The number of hydrogen-bond acceptors (Lipinski definition) is 11. The molecular formula is C39H96O11Si9. The zero-order valence-corrected chi connectivity index (χ0v) is 52.3. The van der Waals surface area contributed by atoms with E-state index in [0.717, 1.165) is 0 Å². The van der Waals surface area contributed by atoms with E-state index in [-0.39, 0.29) is 0 Å². The van der Waals surface area contributed by atoms with Gasteiger partial charge in [0.25, 0.3) is 0 Å². The second-order valence-corrected chi connectivity index (χ2v) is 65.5. The highest BCUT2D eigenvalue weighted by molar-refractivity contribution is 6.72. The Morgan fingerprint density at radius 1 is 0.356 bits per heavy atom. The molecule has 0 aromatic rings. The molecule has 59 heavy (non-hydrogen) atoms. The molecule has 0 radical (unpaired) electrons. The monoisotopic (exact) mass is 992 g/mol. The van der Waals surface area contributed by atoms with Crippen LogP contribution in [0.3, 0.4) is 0 Å². The van der Waals surface area contributed by atoms with E-state index in [1.54, 1.807) is 0 Å². The van der Waals surface area contributed by atoms with Crippen molar-refractivity contribution in [3.05, 3.63) is 0 Å². The molecule has 0 spiro atoms. The Hall–Kier alpha value is 1.51.